The average Bonchev–Trinajstić information content (AvgIpc) is 3.05. The van der Waals surface area contributed by atoms with Gasteiger partial charge in [0.25, 0.3) is 0 Å². The molecule has 4 heteroatoms. The first-order chi connectivity index (χ1) is 9.50. The third kappa shape index (κ3) is 2.11. The van der Waals surface area contributed by atoms with Crippen LogP contribution in [-0.4, -0.2) is 39.8 Å². The topological polar surface area (TPSA) is 25.2 Å². The Hall–Kier alpha value is -0.800. The molecule has 0 saturated carbocycles. The number of halogens is 1. The van der Waals surface area contributed by atoms with E-state index in [0.717, 1.165) is 11.3 Å². The number of alkyl halides is 1. The summed E-state index contributed by atoms with van der Waals surface area (Å²) in [4.78, 5) is 14.8. The van der Waals surface area contributed by atoms with E-state index < -0.39 is 5.38 Å². The van der Waals surface area contributed by atoms with Crippen LogP contribution in [0.3, 0.4) is 0 Å². The average molecular weight is 295 g/mol. The standard InChI is InChI=1S/C16H23ClN2O/c1-10-9-13(16(20)11(2)17)12(3)19(10)15-6-8-18-7-4-5-14(15)18/h9,11,14-15H,4-8H2,1-3H3. The molecular weight excluding hydrogens is 272 g/mol. The van der Waals surface area contributed by atoms with Crippen molar-refractivity contribution >= 4 is 17.4 Å². The molecular formula is C16H23ClN2O. The van der Waals surface area contributed by atoms with Gasteiger partial charge in [-0.2, -0.15) is 0 Å². The molecule has 3 rings (SSSR count). The van der Waals surface area contributed by atoms with Crippen LogP contribution < -0.4 is 0 Å². The second-order valence-electron chi connectivity index (χ2n) is 6.24. The first-order valence-corrected chi connectivity index (χ1v) is 8.05. The first-order valence-electron chi connectivity index (χ1n) is 7.61. The largest absolute Gasteiger partial charge is 0.344 e. The molecule has 0 aliphatic carbocycles. The monoisotopic (exact) mass is 294 g/mol. The number of fused-ring (bicyclic) bond motifs is 1. The fourth-order valence-electron chi connectivity index (χ4n) is 4.11. The van der Waals surface area contributed by atoms with E-state index in [4.69, 9.17) is 11.6 Å². The lowest BCUT2D eigenvalue weighted by Crippen LogP contribution is -2.28. The molecule has 2 aliphatic rings. The number of ketones is 1. The van der Waals surface area contributed by atoms with Crippen LogP contribution in [0.4, 0.5) is 0 Å². The number of hydrogen-bond donors (Lipinski definition) is 0. The Morgan fingerprint density at radius 3 is 2.75 bits per heavy atom. The molecule has 2 saturated heterocycles. The first kappa shape index (κ1) is 14.2. The van der Waals surface area contributed by atoms with E-state index in [-0.39, 0.29) is 5.78 Å². The highest BCUT2D eigenvalue weighted by atomic mass is 35.5. The number of carbonyl (C=O) groups excluding carboxylic acids is 1. The highest BCUT2D eigenvalue weighted by Crippen LogP contribution is 2.38. The van der Waals surface area contributed by atoms with Crippen molar-refractivity contribution in [3.05, 3.63) is 23.0 Å². The zero-order chi connectivity index (χ0) is 14.4. The van der Waals surface area contributed by atoms with Gasteiger partial charge in [-0.25, -0.2) is 0 Å². The van der Waals surface area contributed by atoms with Crippen molar-refractivity contribution in [2.45, 2.75) is 57.5 Å². The lowest BCUT2D eigenvalue weighted by Gasteiger charge is -2.24. The van der Waals surface area contributed by atoms with E-state index in [9.17, 15) is 4.79 Å². The third-order valence-electron chi connectivity index (χ3n) is 5.01. The highest BCUT2D eigenvalue weighted by molar-refractivity contribution is 6.33. The van der Waals surface area contributed by atoms with Gasteiger partial charge in [-0.1, -0.05) is 0 Å². The van der Waals surface area contributed by atoms with E-state index in [0.29, 0.717) is 12.1 Å². The summed E-state index contributed by atoms with van der Waals surface area (Å²) in [5.41, 5.74) is 3.10. The second-order valence-corrected chi connectivity index (χ2v) is 6.89. The van der Waals surface area contributed by atoms with Crippen LogP contribution in [0.2, 0.25) is 0 Å². The van der Waals surface area contributed by atoms with Crippen molar-refractivity contribution < 1.29 is 4.79 Å². The molecule has 20 heavy (non-hydrogen) atoms. The summed E-state index contributed by atoms with van der Waals surface area (Å²) in [6, 6.07) is 3.22. The van der Waals surface area contributed by atoms with Crippen LogP contribution in [0, 0.1) is 13.8 Å². The summed E-state index contributed by atoms with van der Waals surface area (Å²) < 4.78 is 2.39. The maximum atomic E-state index is 12.2. The van der Waals surface area contributed by atoms with Crippen LogP contribution in [0.1, 0.15) is 54.0 Å². The molecule has 3 heterocycles. The molecule has 1 aromatic rings. The summed E-state index contributed by atoms with van der Waals surface area (Å²) >= 11 is 5.98. The van der Waals surface area contributed by atoms with Crippen molar-refractivity contribution in [2.75, 3.05) is 13.1 Å². The van der Waals surface area contributed by atoms with Gasteiger partial charge in [0.05, 0.1) is 11.4 Å². The van der Waals surface area contributed by atoms with Gasteiger partial charge < -0.3 is 4.57 Å². The summed E-state index contributed by atoms with van der Waals surface area (Å²) in [5, 5.41) is -0.449. The van der Waals surface area contributed by atoms with Gasteiger partial charge in [0, 0.05) is 29.5 Å². The summed E-state index contributed by atoms with van der Waals surface area (Å²) in [6.45, 7) is 8.37. The predicted molar refractivity (Wildman–Crippen MR) is 81.8 cm³/mol. The minimum absolute atomic E-state index is 0.0484. The smallest absolute Gasteiger partial charge is 0.182 e. The fraction of sp³-hybridized carbons (Fsp3) is 0.688. The minimum atomic E-state index is -0.449. The van der Waals surface area contributed by atoms with Crippen LogP contribution in [0.15, 0.2) is 6.07 Å². The number of rotatable bonds is 3. The van der Waals surface area contributed by atoms with Crippen molar-refractivity contribution in [1.82, 2.24) is 9.47 Å². The van der Waals surface area contributed by atoms with Crippen molar-refractivity contribution in [3.63, 3.8) is 0 Å². The number of nitrogens with zero attached hydrogens (tertiary/aromatic N) is 2. The summed E-state index contributed by atoms with van der Waals surface area (Å²) in [7, 11) is 0. The fourth-order valence-corrected chi connectivity index (χ4v) is 4.23. The Balaban J connectivity index is 1.96. The lowest BCUT2D eigenvalue weighted by molar-refractivity contribution is 0.0991. The molecule has 2 aliphatic heterocycles. The van der Waals surface area contributed by atoms with E-state index in [1.165, 1.54) is 38.0 Å². The zero-order valence-corrected chi connectivity index (χ0v) is 13.3. The van der Waals surface area contributed by atoms with Gasteiger partial charge in [-0.05, 0) is 52.6 Å². The molecule has 0 bridgehead atoms. The predicted octanol–water partition coefficient (Wildman–Crippen LogP) is 3.32. The molecule has 2 fully saturated rings. The summed E-state index contributed by atoms with van der Waals surface area (Å²) in [5.74, 6) is 0.0484. The van der Waals surface area contributed by atoms with Crippen LogP contribution in [-0.2, 0) is 0 Å². The highest BCUT2D eigenvalue weighted by Gasteiger charge is 2.39. The zero-order valence-electron chi connectivity index (χ0n) is 12.5. The normalized spacial score (nSPS) is 27.8. The molecule has 3 atom stereocenters. The molecule has 0 amide bonds. The second kappa shape index (κ2) is 5.19. The van der Waals surface area contributed by atoms with E-state index in [2.05, 4.69) is 23.3 Å². The molecule has 0 aromatic carbocycles. The van der Waals surface area contributed by atoms with Gasteiger partial charge in [-0.15, -0.1) is 11.6 Å². The van der Waals surface area contributed by atoms with Crippen LogP contribution in [0.25, 0.3) is 0 Å². The van der Waals surface area contributed by atoms with E-state index in [1.807, 2.05) is 6.07 Å². The van der Waals surface area contributed by atoms with Gasteiger partial charge in [-0.3, -0.25) is 9.69 Å². The Morgan fingerprint density at radius 2 is 2.05 bits per heavy atom. The minimum Gasteiger partial charge on any atom is -0.344 e. The van der Waals surface area contributed by atoms with Crippen LogP contribution in [0.5, 0.6) is 0 Å². The van der Waals surface area contributed by atoms with Crippen molar-refractivity contribution in [3.8, 4) is 0 Å². The Morgan fingerprint density at radius 1 is 1.30 bits per heavy atom. The van der Waals surface area contributed by atoms with E-state index in [1.54, 1.807) is 6.92 Å². The van der Waals surface area contributed by atoms with Gasteiger partial charge in [0.2, 0.25) is 0 Å². The summed E-state index contributed by atoms with van der Waals surface area (Å²) in [6.07, 6.45) is 3.80. The number of aromatic nitrogens is 1. The van der Waals surface area contributed by atoms with Crippen molar-refractivity contribution in [1.29, 1.82) is 0 Å². The number of hydrogen-bond acceptors (Lipinski definition) is 2. The quantitative estimate of drug-likeness (QED) is 0.631. The molecule has 3 unspecified atom stereocenters. The lowest BCUT2D eigenvalue weighted by atomic mass is 10.1. The Kier molecular flexibility index (Phi) is 3.67. The molecule has 0 N–H and O–H groups in total. The maximum Gasteiger partial charge on any atom is 0.182 e. The Bertz CT molecular complexity index is 535. The molecule has 0 radical (unpaired) electrons. The third-order valence-corrected chi connectivity index (χ3v) is 5.21. The number of aryl methyl sites for hydroxylation is 1. The Labute approximate surface area is 125 Å². The van der Waals surface area contributed by atoms with Gasteiger partial charge >= 0.3 is 0 Å². The molecule has 1 aromatic heterocycles. The van der Waals surface area contributed by atoms with E-state index >= 15 is 0 Å². The number of Topliss-reactive ketones (excluding diaryl/α,β-unsaturated/α-hetero) is 1. The molecule has 0 spiro atoms. The maximum absolute atomic E-state index is 12.2. The van der Waals surface area contributed by atoms with Crippen molar-refractivity contribution in [2.24, 2.45) is 0 Å². The van der Waals surface area contributed by atoms with Gasteiger partial charge in [0.15, 0.2) is 5.78 Å². The SMILES string of the molecule is Cc1cc(C(=O)C(C)Cl)c(C)n1C1CCN2CCCC12. The number of carbonyl (C=O) groups is 1. The van der Waals surface area contributed by atoms with Crippen LogP contribution >= 0.6 is 11.6 Å². The van der Waals surface area contributed by atoms with Gasteiger partial charge in [0.1, 0.15) is 0 Å². The molecule has 110 valence electrons. The molecule has 3 nitrogen and oxygen atoms in total.